The lowest BCUT2D eigenvalue weighted by atomic mass is 9.69. The van der Waals surface area contributed by atoms with Gasteiger partial charge in [0.2, 0.25) is 0 Å². The van der Waals surface area contributed by atoms with Gasteiger partial charge in [0.1, 0.15) is 17.4 Å². The van der Waals surface area contributed by atoms with Crippen LogP contribution < -0.4 is 9.47 Å². The molecule has 3 aromatic rings. The fourth-order valence-electron chi connectivity index (χ4n) is 5.76. The number of halogens is 1. The Morgan fingerprint density at radius 3 is 2.42 bits per heavy atom. The first-order chi connectivity index (χ1) is 19.4. The maximum Gasteiger partial charge on any atom is 0.315 e. The molecule has 7 heteroatoms. The van der Waals surface area contributed by atoms with E-state index in [1.807, 2.05) is 67.6 Å². The van der Waals surface area contributed by atoms with Crippen LogP contribution in [-0.4, -0.2) is 38.3 Å². The van der Waals surface area contributed by atoms with Crippen LogP contribution in [0.1, 0.15) is 48.3 Å². The molecule has 40 heavy (non-hydrogen) atoms. The van der Waals surface area contributed by atoms with Gasteiger partial charge in [0.25, 0.3) is 0 Å². The lowest BCUT2D eigenvalue weighted by Crippen LogP contribution is -2.38. The van der Waals surface area contributed by atoms with Gasteiger partial charge >= 0.3 is 5.97 Å². The molecule has 0 fully saturated rings. The standard InChI is InChI=1S/C33H32ClNO5/c1-20-30(33(37)40-16-15-21-7-5-4-6-8-21)31(26-19-25(38-2)13-14-29(26)39-3)32-27(35-20)17-23(18-28(32)36)22-9-11-24(34)12-10-22/h4-14,19,23,30-31H,15-18H2,1-3H3/t23-,30?,31-/m0/s1. The van der Waals surface area contributed by atoms with Crippen LogP contribution in [0.5, 0.6) is 11.5 Å². The van der Waals surface area contributed by atoms with Crippen LogP contribution >= 0.6 is 11.6 Å². The molecule has 0 bridgehead atoms. The van der Waals surface area contributed by atoms with Crippen molar-refractivity contribution in [2.24, 2.45) is 10.9 Å². The second-order valence-corrected chi connectivity index (χ2v) is 10.6. The van der Waals surface area contributed by atoms with Gasteiger partial charge in [-0.2, -0.15) is 0 Å². The minimum Gasteiger partial charge on any atom is -0.497 e. The second kappa shape index (κ2) is 12.1. The van der Waals surface area contributed by atoms with Gasteiger partial charge in [0.05, 0.1) is 20.8 Å². The molecular weight excluding hydrogens is 526 g/mol. The van der Waals surface area contributed by atoms with E-state index in [1.54, 1.807) is 26.4 Å². The minimum absolute atomic E-state index is 0.0257. The molecule has 6 nitrogen and oxygen atoms in total. The van der Waals surface area contributed by atoms with Crippen molar-refractivity contribution in [2.45, 2.75) is 38.0 Å². The topological polar surface area (TPSA) is 74.2 Å². The van der Waals surface area contributed by atoms with Crippen LogP contribution in [0.3, 0.4) is 0 Å². The fraction of sp³-hybridized carbons (Fsp3) is 0.303. The zero-order chi connectivity index (χ0) is 28.2. The fourth-order valence-corrected chi connectivity index (χ4v) is 5.88. The zero-order valence-electron chi connectivity index (χ0n) is 22.9. The summed E-state index contributed by atoms with van der Waals surface area (Å²) in [6, 6.07) is 22.9. The number of aliphatic imine (C=N–C) groups is 1. The Kier molecular flexibility index (Phi) is 8.36. The first-order valence-electron chi connectivity index (χ1n) is 13.4. The van der Waals surface area contributed by atoms with E-state index in [4.69, 9.17) is 30.8 Å². The minimum atomic E-state index is -0.772. The number of ketones is 1. The van der Waals surface area contributed by atoms with Crippen molar-refractivity contribution in [3.63, 3.8) is 0 Å². The highest BCUT2D eigenvalue weighted by Gasteiger charge is 2.46. The summed E-state index contributed by atoms with van der Waals surface area (Å²) in [5.74, 6) is -0.673. The molecule has 0 N–H and O–H groups in total. The number of hydrogen-bond donors (Lipinski definition) is 0. The molecule has 1 aliphatic carbocycles. The van der Waals surface area contributed by atoms with E-state index in [0.29, 0.717) is 58.3 Å². The molecule has 2 aliphatic rings. The van der Waals surface area contributed by atoms with Crippen molar-refractivity contribution in [1.29, 1.82) is 0 Å². The predicted molar refractivity (Wildman–Crippen MR) is 155 cm³/mol. The molecule has 206 valence electrons. The molecule has 0 amide bonds. The summed E-state index contributed by atoms with van der Waals surface area (Å²) >= 11 is 6.10. The van der Waals surface area contributed by atoms with E-state index in [1.165, 1.54) is 0 Å². The maximum absolute atomic E-state index is 13.9. The van der Waals surface area contributed by atoms with Gasteiger partial charge in [0, 0.05) is 46.3 Å². The van der Waals surface area contributed by atoms with Gasteiger partial charge in [-0.25, -0.2) is 0 Å². The first-order valence-corrected chi connectivity index (χ1v) is 13.8. The van der Waals surface area contributed by atoms with Crippen molar-refractivity contribution in [2.75, 3.05) is 20.8 Å². The molecule has 1 aliphatic heterocycles. The van der Waals surface area contributed by atoms with E-state index < -0.39 is 17.8 Å². The number of ether oxygens (including phenoxy) is 3. The van der Waals surface area contributed by atoms with Crippen LogP contribution in [0.2, 0.25) is 5.02 Å². The van der Waals surface area contributed by atoms with E-state index in [9.17, 15) is 9.59 Å². The summed E-state index contributed by atoms with van der Waals surface area (Å²) in [7, 11) is 3.17. The third-order valence-corrected chi connectivity index (χ3v) is 7.99. The Morgan fingerprint density at radius 1 is 0.975 bits per heavy atom. The quantitative estimate of drug-likeness (QED) is 0.287. The maximum atomic E-state index is 13.9. The first kappa shape index (κ1) is 27.7. The lowest BCUT2D eigenvalue weighted by Gasteiger charge is -2.37. The number of methoxy groups -OCH3 is 2. The largest absolute Gasteiger partial charge is 0.497 e. The average molecular weight is 558 g/mol. The Bertz CT molecular complexity index is 1460. The average Bonchev–Trinajstić information content (AvgIpc) is 2.96. The molecule has 0 radical (unpaired) electrons. The normalized spacial score (nSPS) is 20.4. The Labute approximate surface area is 239 Å². The van der Waals surface area contributed by atoms with Crippen molar-refractivity contribution in [1.82, 2.24) is 0 Å². The number of esters is 1. The van der Waals surface area contributed by atoms with Gasteiger partial charge in [-0.15, -0.1) is 0 Å². The monoisotopic (exact) mass is 557 g/mol. The Hall–Kier alpha value is -3.90. The second-order valence-electron chi connectivity index (χ2n) is 10.2. The van der Waals surface area contributed by atoms with E-state index in [2.05, 4.69) is 0 Å². The number of carbonyl (C=O) groups is 2. The molecular formula is C33H32ClNO5. The van der Waals surface area contributed by atoms with Crippen LogP contribution in [-0.2, 0) is 20.7 Å². The molecule has 5 rings (SSSR count). The van der Waals surface area contributed by atoms with E-state index >= 15 is 0 Å². The summed E-state index contributed by atoms with van der Waals surface area (Å²) in [5, 5.41) is 0.649. The number of allylic oxidation sites excluding steroid dienone is 2. The molecule has 1 unspecified atom stereocenters. The highest BCUT2D eigenvalue weighted by atomic mass is 35.5. The van der Waals surface area contributed by atoms with Gasteiger partial charge in [-0.05, 0) is 60.7 Å². The van der Waals surface area contributed by atoms with E-state index in [-0.39, 0.29) is 18.3 Å². The van der Waals surface area contributed by atoms with E-state index in [0.717, 1.165) is 11.1 Å². The molecule has 0 aromatic heterocycles. The van der Waals surface area contributed by atoms with Crippen LogP contribution in [0, 0.1) is 5.92 Å². The van der Waals surface area contributed by atoms with Gasteiger partial charge in [-0.1, -0.05) is 54.1 Å². The van der Waals surface area contributed by atoms with Gasteiger partial charge in [0.15, 0.2) is 5.78 Å². The van der Waals surface area contributed by atoms with Crippen molar-refractivity contribution in [3.8, 4) is 11.5 Å². The molecule has 0 spiro atoms. The number of rotatable bonds is 8. The number of carbonyl (C=O) groups excluding carboxylic acids is 2. The van der Waals surface area contributed by atoms with Crippen LogP contribution in [0.4, 0.5) is 0 Å². The lowest BCUT2D eigenvalue weighted by molar-refractivity contribution is -0.146. The predicted octanol–water partition coefficient (Wildman–Crippen LogP) is 6.72. The Morgan fingerprint density at radius 2 is 1.73 bits per heavy atom. The summed E-state index contributed by atoms with van der Waals surface area (Å²) in [5.41, 5.74) is 4.69. The van der Waals surface area contributed by atoms with Crippen molar-refractivity contribution in [3.05, 3.63) is 106 Å². The molecule has 3 atom stereocenters. The summed E-state index contributed by atoms with van der Waals surface area (Å²) < 4.78 is 17.1. The van der Waals surface area contributed by atoms with Crippen molar-refractivity contribution >= 4 is 29.1 Å². The molecule has 3 aromatic carbocycles. The number of hydrogen-bond acceptors (Lipinski definition) is 6. The van der Waals surface area contributed by atoms with Gasteiger partial charge in [-0.3, -0.25) is 14.6 Å². The van der Waals surface area contributed by atoms with Crippen molar-refractivity contribution < 1.29 is 23.8 Å². The zero-order valence-corrected chi connectivity index (χ0v) is 23.6. The highest BCUT2D eigenvalue weighted by molar-refractivity contribution is 6.30. The molecule has 0 saturated heterocycles. The molecule has 1 heterocycles. The molecule has 0 saturated carbocycles. The number of benzene rings is 3. The SMILES string of the molecule is COc1ccc(OC)c([C@@H]2C3=C(C[C@H](c4ccc(Cl)cc4)CC3=O)N=C(C)C2C(=O)OCCc2ccccc2)c1. The Balaban J connectivity index is 1.53. The summed E-state index contributed by atoms with van der Waals surface area (Å²) in [4.78, 5) is 32.5. The number of nitrogens with zero attached hydrogens (tertiary/aromatic N) is 1. The number of Topliss-reactive ketones (excluding diaryl/α,β-unsaturated/α-hetero) is 1. The van der Waals surface area contributed by atoms with Crippen LogP contribution in [0.25, 0.3) is 0 Å². The third kappa shape index (κ3) is 5.68. The highest BCUT2D eigenvalue weighted by Crippen LogP contribution is 2.49. The summed E-state index contributed by atoms with van der Waals surface area (Å²) in [6.45, 7) is 2.07. The third-order valence-electron chi connectivity index (χ3n) is 7.73. The summed E-state index contributed by atoms with van der Waals surface area (Å²) in [6.07, 6.45) is 1.49. The smallest absolute Gasteiger partial charge is 0.315 e. The van der Waals surface area contributed by atoms with Gasteiger partial charge < -0.3 is 14.2 Å². The van der Waals surface area contributed by atoms with Crippen LogP contribution in [0.15, 0.2) is 89.1 Å².